The number of rotatable bonds is 4. The lowest BCUT2D eigenvalue weighted by Crippen LogP contribution is -2.30. The highest BCUT2D eigenvalue weighted by molar-refractivity contribution is 5.24. The number of hydrogen-bond donors (Lipinski definition) is 2. The molecule has 3 heteroatoms. The first-order chi connectivity index (χ1) is 7.02. The van der Waals surface area contributed by atoms with Crippen LogP contribution >= 0.6 is 0 Å². The van der Waals surface area contributed by atoms with Crippen LogP contribution in [-0.2, 0) is 0 Å². The van der Waals surface area contributed by atoms with Crippen LogP contribution in [0.2, 0.25) is 0 Å². The molecular formula is C12H20N2O. The molecule has 2 atom stereocenters. The van der Waals surface area contributed by atoms with Crippen LogP contribution < -0.4 is 5.73 Å². The highest BCUT2D eigenvalue weighted by Gasteiger charge is 2.19. The Kier molecular flexibility index (Phi) is 4.24. The van der Waals surface area contributed by atoms with E-state index in [0.29, 0.717) is 5.92 Å². The summed E-state index contributed by atoms with van der Waals surface area (Å²) in [6.07, 6.45) is 3.62. The third-order valence-corrected chi connectivity index (χ3v) is 2.55. The second-order valence-electron chi connectivity index (χ2n) is 4.47. The fourth-order valence-corrected chi connectivity index (χ4v) is 1.69. The van der Waals surface area contributed by atoms with Gasteiger partial charge in [-0.25, -0.2) is 0 Å². The van der Waals surface area contributed by atoms with Crippen LogP contribution in [0.4, 0.5) is 0 Å². The summed E-state index contributed by atoms with van der Waals surface area (Å²) < 4.78 is 0. The van der Waals surface area contributed by atoms with Gasteiger partial charge in [-0.15, -0.1) is 0 Å². The van der Waals surface area contributed by atoms with Crippen LogP contribution in [0.25, 0.3) is 0 Å². The van der Waals surface area contributed by atoms with Gasteiger partial charge >= 0.3 is 0 Å². The van der Waals surface area contributed by atoms with E-state index in [2.05, 4.69) is 18.8 Å². The molecule has 0 radical (unpaired) electrons. The zero-order valence-electron chi connectivity index (χ0n) is 9.64. The molecule has 0 spiro atoms. The Hall–Kier alpha value is -0.930. The molecule has 0 fully saturated rings. The van der Waals surface area contributed by atoms with E-state index in [9.17, 15) is 5.11 Å². The fourth-order valence-electron chi connectivity index (χ4n) is 1.69. The van der Waals surface area contributed by atoms with Gasteiger partial charge in [-0.3, -0.25) is 4.98 Å². The van der Waals surface area contributed by atoms with Gasteiger partial charge in [-0.2, -0.15) is 0 Å². The van der Waals surface area contributed by atoms with Crippen molar-refractivity contribution in [2.24, 2.45) is 11.7 Å². The number of hydrogen-bond acceptors (Lipinski definition) is 3. The van der Waals surface area contributed by atoms with Gasteiger partial charge < -0.3 is 10.8 Å². The van der Waals surface area contributed by atoms with E-state index in [1.165, 1.54) is 0 Å². The van der Waals surface area contributed by atoms with E-state index >= 15 is 0 Å². The molecule has 1 heterocycles. The van der Waals surface area contributed by atoms with E-state index < -0.39 is 6.10 Å². The molecule has 0 bridgehead atoms. The van der Waals surface area contributed by atoms with Crippen molar-refractivity contribution in [1.82, 2.24) is 4.98 Å². The van der Waals surface area contributed by atoms with Crippen LogP contribution in [0.5, 0.6) is 0 Å². The molecule has 1 aromatic heterocycles. The molecule has 0 saturated heterocycles. The molecule has 0 aliphatic carbocycles. The zero-order valence-corrected chi connectivity index (χ0v) is 9.64. The van der Waals surface area contributed by atoms with E-state index in [1.807, 2.05) is 13.0 Å². The van der Waals surface area contributed by atoms with Gasteiger partial charge in [-0.1, -0.05) is 13.8 Å². The van der Waals surface area contributed by atoms with Gasteiger partial charge in [0.25, 0.3) is 0 Å². The second kappa shape index (κ2) is 5.24. The highest BCUT2D eigenvalue weighted by atomic mass is 16.3. The van der Waals surface area contributed by atoms with Crippen molar-refractivity contribution in [3.8, 4) is 0 Å². The summed E-state index contributed by atoms with van der Waals surface area (Å²) >= 11 is 0. The van der Waals surface area contributed by atoms with E-state index in [0.717, 1.165) is 17.5 Å². The Bertz CT molecular complexity index is 312. The van der Waals surface area contributed by atoms with Crippen LogP contribution in [0, 0.1) is 12.8 Å². The normalized spacial score (nSPS) is 15.3. The number of pyridine rings is 1. The van der Waals surface area contributed by atoms with E-state index in [4.69, 9.17) is 5.73 Å². The average Bonchev–Trinajstić information content (AvgIpc) is 2.16. The number of aliphatic hydroxyl groups excluding tert-OH is 1. The highest BCUT2D eigenvalue weighted by Crippen LogP contribution is 2.21. The van der Waals surface area contributed by atoms with E-state index in [-0.39, 0.29) is 6.04 Å². The smallest absolute Gasteiger partial charge is 0.0958 e. The minimum Gasteiger partial charge on any atom is -0.387 e. The van der Waals surface area contributed by atoms with Crippen molar-refractivity contribution in [1.29, 1.82) is 0 Å². The van der Waals surface area contributed by atoms with Crippen LogP contribution in [0.1, 0.15) is 37.5 Å². The van der Waals surface area contributed by atoms with Crippen LogP contribution in [0.15, 0.2) is 18.5 Å². The number of nitrogens with zero attached hydrogens (tertiary/aromatic N) is 1. The maximum atomic E-state index is 10.1. The Morgan fingerprint density at radius 3 is 2.67 bits per heavy atom. The van der Waals surface area contributed by atoms with Crippen molar-refractivity contribution in [3.05, 3.63) is 29.6 Å². The lowest BCUT2D eigenvalue weighted by atomic mass is 9.94. The molecule has 0 aliphatic heterocycles. The summed E-state index contributed by atoms with van der Waals surface area (Å²) in [5, 5.41) is 10.1. The number of nitrogens with two attached hydrogens (primary N) is 1. The van der Waals surface area contributed by atoms with E-state index in [1.54, 1.807) is 12.4 Å². The van der Waals surface area contributed by atoms with Gasteiger partial charge in [0.05, 0.1) is 6.10 Å². The monoisotopic (exact) mass is 208 g/mol. The molecule has 3 N–H and O–H groups in total. The molecular weight excluding hydrogens is 188 g/mol. The second-order valence-corrected chi connectivity index (χ2v) is 4.47. The number of aryl methyl sites for hydroxylation is 1. The average molecular weight is 208 g/mol. The number of aromatic nitrogens is 1. The predicted octanol–water partition coefficient (Wildman–Crippen LogP) is 1.80. The Labute approximate surface area is 91.3 Å². The van der Waals surface area contributed by atoms with Crippen molar-refractivity contribution in [3.63, 3.8) is 0 Å². The summed E-state index contributed by atoms with van der Waals surface area (Å²) in [4.78, 5) is 4.01. The first-order valence-corrected chi connectivity index (χ1v) is 5.36. The maximum absolute atomic E-state index is 10.1. The van der Waals surface area contributed by atoms with Crippen LogP contribution in [0.3, 0.4) is 0 Å². The molecule has 2 unspecified atom stereocenters. The van der Waals surface area contributed by atoms with Crippen LogP contribution in [-0.4, -0.2) is 16.1 Å². The van der Waals surface area contributed by atoms with Gasteiger partial charge in [0.1, 0.15) is 0 Å². The standard InChI is InChI=1S/C12H20N2O/c1-8(2)6-11(13)12(15)10-7-14-5-4-9(10)3/h4-5,7-8,11-12,15H,6,13H2,1-3H3. The van der Waals surface area contributed by atoms with Crippen molar-refractivity contribution >= 4 is 0 Å². The molecule has 84 valence electrons. The topological polar surface area (TPSA) is 59.1 Å². The molecule has 1 rings (SSSR count). The minimum atomic E-state index is -0.610. The van der Waals surface area contributed by atoms with Gasteiger partial charge in [0.15, 0.2) is 0 Å². The molecule has 0 amide bonds. The third kappa shape index (κ3) is 3.29. The Morgan fingerprint density at radius 2 is 2.13 bits per heavy atom. The SMILES string of the molecule is Cc1ccncc1C(O)C(N)CC(C)C. The number of aliphatic hydroxyl groups is 1. The predicted molar refractivity (Wildman–Crippen MR) is 61.4 cm³/mol. The Morgan fingerprint density at radius 1 is 1.47 bits per heavy atom. The quantitative estimate of drug-likeness (QED) is 0.793. The zero-order chi connectivity index (χ0) is 11.4. The lowest BCUT2D eigenvalue weighted by Gasteiger charge is -2.21. The molecule has 3 nitrogen and oxygen atoms in total. The van der Waals surface area contributed by atoms with Gasteiger partial charge in [-0.05, 0) is 30.9 Å². The fraction of sp³-hybridized carbons (Fsp3) is 0.583. The molecule has 0 saturated carbocycles. The third-order valence-electron chi connectivity index (χ3n) is 2.55. The summed E-state index contributed by atoms with van der Waals surface area (Å²) in [6.45, 7) is 6.16. The molecule has 15 heavy (non-hydrogen) atoms. The van der Waals surface area contributed by atoms with Crippen molar-refractivity contribution in [2.45, 2.75) is 39.3 Å². The molecule has 0 aromatic carbocycles. The summed E-state index contributed by atoms with van der Waals surface area (Å²) in [5.74, 6) is 0.492. The summed E-state index contributed by atoms with van der Waals surface area (Å²) in [6, 6.07) is 1.67. The summed E-state index contributed by atoms with van der Waals surface area (Å²) in [5.41, 5.74) is 7.82. The first kappa shape index (κ1) is 12.1. The van der Waals surface area contributed by atoms with Crippen molar-refractivity contribution in [2.75, 3.05) is 0 Å². The van der Waals surface area contributed by atoms with Gasteiger partial charge in [0, 0.05) is 24.0 Å². The van der Waals surface area contributed by atoms with Crippen molar-refractivity contribution < 1.29 is 5.11 Å². The van der Waals surface area contributed by atoms with Gasteiger partial charge in [0.2, 0.25) is 0 Å². The minimum absolute atomic E-state index is 0.215. The molecule has 0 aliphatic rings. The maximum Gasteiger partial charge on any atom is 0.0958 e. The summed E-state index contributed by atoms with van der Waals surface area (Å²) in [7, 11) is 0. The molecule has 1 aromatic rings. The lowest BCUT2D eigenvalue weighted by molar-refractivity contribution is 0.135. The largest absolute Gasteiger partial charge is 0.387 e. The Balaban J connectivity index is 2.76. The first-order valence-electron chi connectivity index (χ1n) is 5.36.